The molecule has 0 saturated carbocycles. The molecule has 0 spiro atoms. The fourth-order valence-electron chi connectivity index (χ4n) is 2.78. The van der Waals surface area contributed by atoms with Gasteiger partial charge in [0.05, 0.1) is 5.52 Å². The zero-order valence-corrected chi connectivity index (χ0v) is 12.2. The third-order valence-corrected chi connectivity index (χ3v) is 3.70. The summed E-state index contributed by atoms with van der Waals surface area (Å²) < 4.78 is 15.7. The summed E-state index contributed by atoms with van der Waals surface area (Å²) >= 11 is 0. The van der Waals surface area contributed by atoms with Crippen molar-refractivity contribution in [3.63, 3.8) is 0 Å². The van der Waals surface area contributed by atoms with Gasteiger partial charge in [-0.1, -0.05) is 6.07 Å². The molecule has 0 aliphatic heterocycles. The number of rotatable bonds is 1. The molecule has 4 aromatic rings. The van der Waals surface area contributed by atoms with Crippen LogP contribution in [-0.4, -0.2) is 19.6 Å². The highest BCUT2D eigenvalue weighted by Crippen LogP contribution is 2.29. The average Bonchev–Trinajstić information content (AvgIpc) is 2.87. The van der Waals surface area contributed by atoms with Crippen LogP contribution in [0.5, 0.6) is 0 Å². The first-order chi connectivity index (χ1) is 10.6. The second kappa shape index (κ2) is 4.59. The minimum Gasteiger partial charge on any atom is -0.256 e. The predicted molar refractivity (Wildman–Crippen MR) is 83.2 cm³/mol. The minimum atomic E-state index is -0.275. The quantitative estimate of drug-likeness (QED) is 0.537. The van der Waals surface area contributed by atoms with Crippen molar-refractivity contribution in [2.75, 3.05) is 0 Å². The van der Waals surface area contributed by atoms with Crippen molar-refractivity contribution in [2.24, 2.45) is 0 Å². The lowest BCUT2D eigenvalue weighted by Gasteiger charge is -2.08. The Hall–Kier alpha value is -2.82. The third kappa shape index (κ3) is 1.94. The van der Waals surface area contributed by atoms with Crippen LogP contribution >= 0.6 is 0 Å². The van der Waals surface area contributed by atoms with E-state index >= 15 is 0 Å². The molecule has 22 heavy (non-hydrogen) atoms. The van der Waals surface area contributed by atoms with Crippen LogP contribution in [0.3, 0.4) is 0 Å². The molecule has 0 radical (unpaired) electrons. The Morgan fingerprint density at radius 3 is 2.86 bits per heavy atom. The Labute approximate surface area is 126 Å². The van der Waals surface area contributed by atoms with E-state index in [1.54, 1.807) is 16.8 Å². The maximum absolute atomic E-state index is 13.9. The Morgan fingerprint density at radius 2 is 2.00 bits per heavy atom. The highest BCUT2D eigenvalue weighted by atomic mass is 19.1. The molecular weight excluding hydrogens is 279 g/mol. The van der Waals surface area contributed by atoms with E-state index < -0.39 is 0 Å². The van der Waals surface area contributed by atoms with Gasteiger partial charge in [-0.3, -0.25) is 4.98 Å². The van der Waals surface area contributed by atoms with E-state index in [-0.39, 0.29) is 5.82 Å². The van der Waals surface area contributed by atoms with Crippen molar-refractivity contribution < 1.29 is 4.39 Å². The lowest BCUT2D eigenvalue weighted by atomic mass is 10.0. The van der Waals surface area contributed by atoms with Gasteiger partial charge in [-0.25, -0.2) is 13.9 Å². The highest BCUT2D eigenvalue weighted by molar-refractivity contribution is 5.93. The largest absolute Gasteiger partial charge is 0.256 e. The van der Waals surface area contributed by atoms with Crippen LogP contribution in [0.1, 0.15) is 11.4 Å². The van der Waals surface area contributed by atoms with Gasteiger partial charge < -0.3 is 0 Å². The third-order valence-electron chi connectivity index (χ3n) is 3.70. The molecule has 0 amide bonds. The number of hydrogen-bond donors (Lipinski definition) is 0. The van der Waals surface area contributed by atoms with E-state index in [0.717, 1.165) is 33.2 Å². The zero-order chi connectivity index (χ0) is 15.3. The van der Waals surface area contributed by atoms with Gasteiger partial charge in [-0.15, -0.1) is 0 Å². The first kappa shape index (κ1) is 12.9. The Morgan fingerprint density at radius 1 is 1.14 bits per heavy atom. The Bertz CT molecular complexity index is 1020. The normalized spacial score (nSPS) is 11.4. The number of pyridine rings is 2. The number of halogens is 1. The minimum absolute atomic E-state index is 0.275. The molecule has 0 N–H and O–H groups in total. The summed E-state index contributed by atoms with van der Waals surface area (Å²) in [5, 5.41) is 5.14. The number of aromatic nitrogens is 4. The molecule has 5 heteroatoms. The number of benzene rings is 1. The standard InChI is InChI=1S/C17H13FN4/c1-10-6-13(9-22-17(10)20-11(2)21-22)15-8-14(18)7-12-4-3-5-19-16(12)15/h3-9H,1-2H3. The van der Waals surface area contributed by atoms with Crippen LogP contribution in [-0.2, 0) is 0 Å². The van der Waals surface area contributed by atoms with Gasteiger partial charge in [0, 0.05) is 28.9 Å². The molecule has 0 aliphatic rings. The van der Waals surface area contributed by atoms with Gasteiger partial charge in [0.2, 0.25) is 0 Å². The van der Waals surface area contributed by atoms with Crippen molar-refractivity contribution in [1.29, 1.82) is 0 Å². The van der Waals surface area contributed by atoms with E-state index in [1.165, 1.54) is 12.1 Å². The Kier molecular flexibility index (Phi) is 2.69. The molecule has 0 bridgehead atoms. The molecule has 3 heterocycles. The summed E-state index contributed by atoms with van der Waals surface area (Å²) in [6.07, 6.45) is 3.58. The smallest absolute Gasteiger partial charge is 0.158 e. The summed E-state index contributed by atoms with van der Waals surface area (Å²) in [6.45, 7) is 3.83. The molecule has 4 nitrogen and oxygen atoms in total. The highest BCUT2D eigenvalue weighted by Gasteiger charge is 2.11. The van der Waals surface area contributed by atoms with Gasteiger partial charge >= 0.3 is 0 Å². The molecule has 3 aromatic heterocycles. The zero-order valence-electron chi connectivity index (χ0n) is 12.2. The Balaban J connectivity index is 2.06. The molecule has 1 aromatic carbocycles. The molecule has 4 rings (SSSR count). The molecule has 0 unspecified atom stereocenters. The number of aryl methyl sites for hydroxylation is 2. The van der Waals surface area contributed by atoms with Crippen molar-refractivity contribution in [3.8, 4) is 11.1 Å². The van der Waals surface area contributed by atoms with E-state index in [4.69, 9.17) is 0 Å². The van der Waals surface area contributed by atoms with E-state index in [1.807, 2.05) is 32.2 Å². The van der Waals surface area contributed by atoms with Crippen LogP contribution in [0, 0.1) is 19.7 Å². The van der Waals surface area contributed by atoms with Gasteiger partial charge in [-0.05, 0) is 43.7 Å². The van der Waals surface area contributed by atoms with Crippen LogP contribution in [0.25, 0.3) is 27.7 Å². The lowest BCUT2D eigenvalue weighted by Crippen LogP contribution is -1.94. The van der Waals surface area contributed by atoms with Gasteiger partial charge in [0.15, 0.2) is 5.65 Å². The van der Waals surface area contributed by atoms with E-state index in [9.17, 15) is 4.39 Å². The first-order valence-electron chi connectivity index (χ1n) is 7.00. The van der Waals surface area contributed by atoms with Crippen LogP contribution in [0.15, 0.2) is 42.7 Å². The molecule has 0 aliphatic carbocycles. The van der Waals surface area contributed by atoms with Crippen molar-refractivity contribution in [1.82, 2.24) is 19.6 Å². The topological polar surface area (TPSA) is 43.1 Å². The van der Waals surface area contributed by atoms with Crippen molar-refractivity contribution in [3.05, 3.63) is 59.9 Å². The lowest BCUT2D eigenvalue weighted by molar-refractivity contribution is 0.630. The molecular formula is C17H13FN4. The second-order valence-corrected chi connectivity index (χ2v) is 5.37. The summed E-state index contributed by atoms with van der Waals surface area (Å²) in [5.74, 6) is 0.436. The summed E-state index contributed by atoms with van der Waals surface area (Å²) in [4.78, 5) is 8.79. The van der Waals surface area contributed by atoms with Crippen LogP contribution < -0.4 is 0 Å². The maximum Gasteiger partial charge on any atom is 0.158 e. The van der Waals surface area contributed by atoms with Crippen LogP contribution in [0.4, 0.5) is 4.39 Å². The van der Waals surface area contributed by atoms with Gasteiger partial charge in [0.25, 0.3) is 0 Å². The molecule has 108 valence electrons. The van der Waals surface area contributed by atoms with Gasteiger partial charge in [0.1, 0.15) is 11.6 Å². The molecule has 0 atom stereocenters. The number of nitrogens with zero attached hydrogens (tertiary/aromatic N) is 4. The summed E-state index contributed by atoms with van der Waals surface area (Å²) in [7, 11) is 0. The van der Waals surface area contributed by atoms with Crippen molar-refractivity contribution in [2.45, 2.75) is 13.8 Å². The fourth-order valence-corrected chi connectivity index (χ4v) is 2.78. The summed E-state index contributed by atoms with van der Waals surface area (Å²) in [5.41, 5.74) is 4.22. The SMILES string of the molecule is Cc1nc2c(C)cc(-c3cc(F)cc4cccnc34)cn2n1. The van der Waals surface area contributed by atoms with E-state index in [2.05, 4.69) is 15.1 Å². The van der Waals surface area contributed by atoms with Crippen LogP contribution in [0.2, 0.25) is 0 Å². The monoisotopic (exact) mass is 292 g/mol. The maximum atomic E-state index is 13.9. The molecule has 0 fully saturated rings. The molecule has 0 saturated heterocycles. The van der Waals surface area contributed by atoms with Gasteiger partial charge in [-0.2, -0.15) is 5.10 Å². The second-order valence-electron chi connectivity index (χ2n) is 5.37. The fraction of sp³-hybridized carbons (Fsp3) is 0.118. The first-order valence-corrected chi connectivity index (χ1v) is 7.00. The number of hydrogen-bond acceptors (Lipinski definition) is 3. The van der Waals surface area contributed by atoms with Crippen molar-refractivity contribution >= 4 is 16.6 Å². The summed E-state index contributed by atoms with van der Waals surface area (Å²) in [6, 6.07) is 8.67. The predicted octanol–water partition coefficient (Wildman–Crippen LogP) is 3.70. The number of fused-ring (bicyclic) bond motifs is 2. The van der Waals surface area contributed by atoms with E-state index in [0.29, 0.717) is 5.82 Å². The average molecular weight is 292 g/mol.